The number of furan rings is 1. The number of fused-ring (bicyclic) bond motifs is 1. The molecule has 0 saturated carbocycles. The number of hydrogen-bond acceptors (Lipinski definition) is 7. The molecule has 34 heavy (non-hydrogen) atoms. The van der Waals surface area contributed by atoms with Gasteiger partial charge in [0.2, 0.25) is 0 Å². The van der Waals surface area contributed by atoms with Gasteiger partial charge in [-0.2, -0.15) is 5.10 Å². The number of rotatable bonds is 6. The monoisotopic (exact) mass is 481 g/mol. The van der Waals surface area contributed by atoms with E-state index < -0.39 is 10.8 Å². The summed E-state index contributed by atoms with van der Waals surface area (Å²) < 4.78 is 5.85. The first kappa shape index (κ1) is 23.1. The average molecular weight is 482 g/mol. The molecule has 174 valence electrons. The summed E-state index contributed by atoms with van der Waals surface area (Å²) in [6, 6.07) is 9.20. The maximum absolute atomic E-state index is 12.7. The minimum Gasteiger partial charge on any atom is -0.455 e. The van der Waals surface area contributed by atoms with E-state index in [1.54, 1.807) is 19.2 Å². The number of pyridine rings is 1. The Bertz CT molecular complexity index is 1300. The first-order chi connectivity index (χ1) is 16.3. The fraction of sp³-hybridized carbons (Fsp3) is 0.217. The van der Waals surface area contributed by atoms with Gasteiger partial charge in [-0.1, -0.05) is 17.7 Å². The van der Waals surface area contributed by atoms with Gasteiger partial charge in [-0.3, -0.25) is 24.7 Å². The highest BCUT2D eigenvalue weighted by molar-refractivity contribution is 6.32. The lowest BCUT2D eigenvalue weighted by Crippen LogP contribution is -2.24. The number of nitro benzene ring substituents is 1. The fourth-order valence-electron chi connectivity index (χ4n) is 3.73. The third-order valence-corrected chi connectivity index (χ3v) is 5.71. The molecule has 2 aromatic heterocycles. The number of nitro groups is 1. The molecule has 3 aromatic rings. The molecule has 0 radical (unpaired) electrons. The summed E-state index contributed by atoms with van der Waals surface area (Å²) in [6.45, 7) is 2.03. The number of carbonyl (C=O) groups excluding carboxylic acids is 2. The highest BCUT2D eigenvalue weighted by Crippen LogP contribution is 2.30. The van der Waals surface area contributed by atoms with Crippen molar-refractivity contribution in [1.82, 2.24) is 15.7 Å². The summed E-state index contributed by atoms with van der Waals surface area (Å²) in [6.07, 6.45) is 3.59. The molecular formula is C23H20ClN5O5. The Morgan fingerprint density at radius 2 is 2.06 bits per heavy atom. The number of aromatic nitrogens is 1. The van der Waals surface area contributed by atoms with Gasteiger partial charge in [0.05, 0.1) is 22.9 Å². The van der Waals surface area contributed by atoms with E-state index in [4.69, 9.17) is 16.0 Å². The number of carbonyl (C=O) groups is 2. The standard InChI is InChI=1S/C23H20ClN5O5/c1-13-20-17(27-28-22(30)14-8-9-16(24)18(11-14)29(32)33)6-4-7-19(20)34-21(13)23(31)26-12-15-5-2-3-10-25-15/h2-3,5,8-11H,4,6-7,12H2,1H3,(H,26,31)(H,28,30)/b27-17+. The smallest absolute Gasteiger partial charge is 0.288 e. The molecule has 0 aliphatic heterocycles. The third kappa shape index (κ3) is 4.81. The molecule has 1 aliphatic carbocycles. The van der Waals surface area contributed by atoms with Crippen LogP contribution in [0.5, 0.6) is 0 Å². The normalized spacial score (nSPS) is 13.9. The Morgan fingerprint density at radius 3 is 2.79 bits per heavy atom. The summed E-state index contributed by atoms with van der Waals surface area (Å²) in [4.78, 5) is 39.8. The predicted octanol–water partition coefficient (Wildman–Crippen LogP) is 3.95. The Labute approximate surface area is 199 Å². The Morgan fingerprint density at radius 1 is 1.24 bits per heavy atom. The molecule has 4 rings (SSSR count). The van der Waals surface area contributed by atoms with Crippen molar-refractivity contribution < 1.29 is 18.9 Å². The highest BCUT2D eigenvalue weighted by atomic mass is 35.5. The second-order valence-electron chi connectivity index (χ2n) is 7.63. The van der Waals surface area contributed by atoms with Gasteiger partial charge in [0, 0.05) is 35.4 Å². The van der Waals surface area contributed by atoms with Crippen molar-refractivity contribution in [3.63, 3.8) is 0 Å². The summed E-state index contributed by atoms with van der Waals surface area (Å²) in [5, 5.41) is 18.1. The molecule has 1 aliphatic rings. The topological polar surface area (TPSA) is 140 Å². The van der Waals surface area contributed by atoms with E-state index in [0.717, 1.165) is 18.2 Å². The molecule has 0 fully saturated rings. The van der Waals surface area contributed by atoms with Crippen LogP contribution in [-0.4, -0.2) is 27.4 Å². The van der Waals surface area contributed by atoms with Gasteiger partial charge in [0.1, 0.15) is 10.8 Å². The van der Waals surface area contributed by atoms with E-state index >= 15 is 0 Å². The van der Waals surface area contributed by atoms with E-state index in [1.807, 2.05) is 12.1 Å². The zero-order valence-electron chi connectivity index (χ0n) is 18.1. The van der Waals surface area contributed by atoms with Gasteiger partial charge in [-0.25, -0.2) is 5.43 Å². The number of amides is 2. The van der Waals surface area contributed by atoms with E-state index in [9.17, 15) is 19.7 Å². The second kappa shape index (κ2) is 9.84. The quantitative estimate of drug-likeness (QED) is 0.403. The number of aryl methyl sites for hydroxylation is 1. The van der Waals surface area contributed by atoms with Crippen molar-refractivity contribution in [3.8, 4) is 0 Å². The number of nitrogens with one attached hydrogen (secondary N) is 2. The van der Waals surface area contributed by atoms with Crippen LogP contribution in [0.1, 0.15) is 56.3 Å². The van der Waals surface area contributed by atoms with Crippen molar-refractivity contribution >= 4 is 34.8 Å². The van der Waals surface area contributed by atoms with Gasteiger partial charge in [-0.05, 0) is 44.0 Å². The molecule has 0 atom stereocenters. The first-order valence-corrected chi connectivity index (χ1v) is 10.8. The largest absolute Gasteiger partial charge is 0.455 e. The molecule has 1 aromatic carbocycles. The van der Waals surface area contributed by atoms with Crippen molar-refractivity contribution in [2.45, 2.75) is 32.7 Å². The molecule has 0 spiro atoms. The maximum atomic E-state index is 12.7. The lowest BCUT2D eigenvalue weighted by Gasteiger charge is -2.13. The number of nitrogens with zero attached hydrogens (tertiary/aromatic N) is 3. The van der Waals surface area contributed by atoms with E-state index in [2.05, 4.69) is 20.8 Å². The maximum Gasteiger partial charge on any atom is 0.288 e. The summed E-state index contributed by atoms with van der Waals surface area (Å²) >= 11 is 5.81. The van der Waals surface area contributed by atoms with Gasteiger partial charge >= 0.3 is 0 Å². The molecule has 2 amide bonds. The van der Waals surface area contributed by atoms with Crippen LogP contribution in [0.3, 0.4) is 0 Å². The van der Waals surface area contributed by atoms with Crippen LogP contribution in [0.15, 0.2) is 52.1 Å². The number of hydrazone groups is 1. The summed E-state index contributed by atoms with van der Waals surface area (Å²) in [7, 11) is 0. The molecule has 0 bridgehead atoms. The van der Waals surface area contributed by atoms with Crippen molar-refractivity contribution in [2.75, 3.05) is 0 Å². The first-order valence-electron chi connectivity index (χ1n) is 10.5. The number of benzene rings is 1. The zero-order valence-corrected chi connectivity index (χ0v) is 18.9. The van der Waals surface area contributed by atoms with Gasteiger partial charge < -0.3 is 9.73 Å². The van der Waals surface area contributed by atoms with Crippen LogP contribution in [0.4, 0.5) is 5.69 Å². The average Bonchev–Trinajstić information content (AvgIpc) is 3.19. The lowest BCUT2D eigenvalue weighted by atomic mass is 9.93. The van der Waals surface area contributed by atoms with Crippen LogP contribution in [-0.2, 0) is 13.0 Å². The molecular weight excluding hydrogens is 462 g/mol. The van der Waals surface area contributed by atoms with Crippen LogP contribution in [0.2, 0.25) is 5.02 Å². The van der Waals surface area contributed by atoms with Crippen molar-refractivity contribution in [3.05, 3.63) is 91.6 Å². The molecule has 2 heterocycles. The van der Waals surface area contributed by atoms with Crippen molar-refractivity contribution in [1.29, 1.82) is 0 Å². The number of hydrogen-bond donors (Lipinski definition) is 2. The second-order valence-corrected chi connectivity index (χ2v) is 8.04. The SMILES string of the molecule is Cc1c(C(=O)NCc2ccccn2)oc2c1/C(=N/NC(=O)c1ccc(Cl)c([N+](=O)[O-])c1)CCC2. The van der Waals surface area contributed by atoms with Crippen LogP contribution in [0.25, 0.3) is 0 Å². The van der Waals surface area contributed by atoms with E-state index in [0.29, 0.717) is 35.4 Å². The predicted molar refractivity (Wildman–Crippen MR) is 124 cm³/mol. The van der Waals surface area contributed by atoms with Gasteiger partial charge in [0.25, 0.3) is 17.5 Å². The summed E-state index contributed by atoms with van der Waals surface area (Å²) in [5.74, 6) is -0.166. The van der Waals surface area contributed by atoms with Crippen molar-refractivity contribution in [2.24, 2.45) is 5.10 Å². The van der Waals surface area contributed by atoms with Crippen LogP contribution in [0, 0.1) is 17.0 Å². The Kier molecular flexibility index (Phi) is 6.69. The third-order valence-electron chi connectivity index (χ3n) is 5.39. The molecule has 11 heteroatoms. The van der Waals surface area contributed by atoms with Gasteiger partial charge in [0.15, 0.2) is 5.76 Å². The Hall–Kier alpha value is -4.05. The minimum absolute atomic E-state index is 0.0509. The van der Waals surface area contributed by atoms with Crippen LogP contribution >= 0.6 is 11.6 Å². The molecule has 0 saturated heterocycles. The molecule has 0 unspecified atom stereocenters. The number of halogens is 1. The Balaban J connectivity index is 1.52. The van der Waals surface area contributed by atoms with Gasteiger partial charge in [-0.15, -0.1) is 0 Å². The minimum atomic E-state index is -0.659. The summed E-state index contributed by atoms with van der Waals surface area (Å²) in [5.41, 5.74) is 4.74. The van der Waals surface area contributed by atoms with Crippen LogP contribution < -0.4 is 10.7 Å². The van der Waals surface area contributed by atoms with E-state index in [-0.39, 0.29) is 34.5 Å². The van der Waals surface area contributed by atoms with E-state index in [1.165, 1.54) is 12.1 Å². The molecule has 10 nitrogen and oxygen atoms in total. The fourth-order valence-corrected chi connectivity index (χ4v) is 3.91. The molecule has 2 N–H and O–H groups in total. The lowest BCUT2D eigenvalue weighted by molar-refractivity contribution is -0.384. The zero-order chi connectivity index (χ0) is 24.2. The highest BCUT2D eigenvalue weighted by Gasteiger charge is 2.28.